The highest BCUT2D eigenvalue weighted by Crippen LogP contribution is 2.47. The fourth-order valence-corrected chi connectivity index (χ4v) is 4.59. The number of anilines is 1. The van der Waals surface area contributed by atoms with Crippen LogP contribution in [0, 0.1) is 0 Å². The third kappa shape index (κ3) is 11.0. The van der Waals surface area contributed by atoms with E-state index in [-0.39, 0.29) is 11.3 Å². The highest BCUT2D eigenvalue weighted by Gasteiger charge is 2.61. The van der Waals surface area contributed by atoms with Gasteiger partial charge < -0.3 is 23.4 Å². The smallest absolute Gasteiger partial charge is 0.426 e. The molecule has 0 saturated carbocycles. The molecule has 0 aliphatic rings. The number of allylic oxidation sites excluding steroid dienone is 1. The van der Waals surface area contributed by atoms with E-state index in [1.165, 1.54) is 66.7 Å². The van der Waals surface area contributed by atoms with Gasteiger partial charge in [-0.15, -0.1) is 23.4 Å². The number of imide groups is 1. The molecule has 0 bridgehead atoms. The van der Waals surface area contributed by atoms with Crippen LogP contribution in [0.1, 0.15) is 84.7 Å². The molecule has 11 nitrogen and oxygen atoms in total. The SMILES string of the molecule is C=CCC[C@@H](C)Oc1nc(-c2nnc([C@@](CC=C)(OCc3ccccc3)C(F)(F)F)o2)c(N(C(=O)OC(C)(C)C)C(=O)OC(C)(C)C)cc1C(F)(F)F. The molecule has 2 atom stereocenters. The summed E-state index contributed by atoms with van der Waals surface area (Å²) in [6.07, 6.45) is -12.3. The minimum absolute atomic E-state index is 0.107. The van der Waals surface area contributed by atoms with Gasteiger partial charge in [-0.25, -0.2) is 14.6 Å². The van der Waals surface area contributed by atoms with Crippen LogP contribution in [0.5, 0.6) is 5.88 Å². The van der Waals surface area contributed by atoms with Crippen LogP contribution in [0.4, 0.5) is 41.6 Å². The number of carbonyl (C=O) groups excluding carboxylic acids is 2. The second kappa shape index (κ2) is 16.4. The Balaban J connectivity index is 2.41. The van der Waals surface area contributed by atoms with Crippen molar-refractivity contribution < 1.29 is 59.3 Å². The molecule has 2 aromatic heterocycles. The molecule has 17 heteroatoms. The van der Waals surface area contributed by atoms with Crippen molar-refractivity contribution in [3.63, 3.8) is 0 Å². The van der Waals surface area contributed by atoms with Crippen LogP contribution in [0.25, 0.3) is 11.6 Å². The zero-order chi connectivity index (χ0) is 40.0. The van der Waals surface area contributed by atoms with Gasteiger partial charge in [0.2, 0.25) is 11.5 Å². The maximum atomic E-state index is 15.0. The summed E-state index contributed by atoms with van der Waals surface area (Å²) in [4.78, 5) is 31.3. The fraction of sp³-hybridized carbons (Fsp3) is 0.472. The van der Waals surface area contributed by atoms with Gasteiger partial charge in [0, 0.05) is 6.42 Å². The van der Waals surface area contributed by atoms with Crippen molar-refractivity contribution in [3.8, 4) is 17.5 Å². The Bertz CT molecular complexity index is 1720. The molecule has 0 aliphatic carbocycles. The van der Waals surface area contributed by atoms with Gasteiger partial charge in [0.25, 0.3) is 11.8 Å². The van der Waals surface area contributed by atoms with Crippen LogP contribution in [0.2, 0.25) is 0 Å². The molecule has 3 rings (SSSR count). The van der Waals surface area contributed by atoms with E-state index >= 15 is 0 Å². The quantitative estimate of drug-likeness (QED) is 0.123. The maximum Gasteiger partial charge on any atom is 0.426 e. The number of carbonyl (C=O) groups is 2. The average Bonchev–Trinajstić information content (AvgIpc) is 3.50. The average molecular weight is 757 g/mol. The largest absolute Gasteiger partial charge is 0.474 e. The first-order valence-corrected chi connectivity index (χ1v) is 16.3. The summed E-state index contributed by atoms with van der Waals surface area (Å²) in [5.41, 5.74) is -8.93. The first kappa shape index (κ1) is 42.5. The number of pyridine rings is 1. The van der Waals surface area contributed by atoms with Crippen molar-refractivity contribution in [2.45, 2.75) is 110 Å². The van der Waals surface area contributed by atoms with Gasteiger partial charge in [0.15, 0.2) is 5.69 Å². The summed E-state index contributed by atoms with van der Waals surface area (Å²) in [6, 6.07) is 8.20. The molecule has 53 heavy (non-hydrogen) atoms. The number of alkyl halides is 6. The number of hydrogen-bond donors (Lipinski definition) is 0. The lowest BCUT2D eigenvalue weighted by molar-refractivity contribution is -0.295. The van der Waals surface area contributed by atoms with E-state index in [2.05, 4.69) is 28.3 Å². The lowest BCUT2D eigenvalue weighted by atomic mass is 9.98. The number of ether oxygens (including phenoxy) is 4. The third-order valence-corrected chi connectivity index (χ3v) is 6.95. The number of amides is 2. The van der Waals surface area contributed by atoms with Gasteiger partial charge in [-0.3, -0.25) is 0 Å². The van der Waals surface area contributed by atoms with Crippen molar-refractivity contribution in [2.24, 2.45) is 0 Å². The van der Waals surface area contributed by atoms with E-state index in [9.17, 15) is 35.9 Å². The number of benzene rings is 1. The fourth-order valence-electron chi connectivity index (χ4n) is 4.59. The van der Waals surface area contributed by atoms with E-state index in [1.54, 1.807) is 18.2 Å². The first-order valence-electron chi connectivity index (χ1n) is 16.3. The van der Waals surface area contributed by atoms with Crippen molar-refractivity contribution in [1.29, 1.82) is 0 Å². The molecule has 2 heterocycles. The zero-order valence-electron chi connectivity index (χ0n) is 30.4. The number of halogens is 6. The van der Waals surface area contributed by atoms with Gasteiger partial charge >= 0.3 is 24.5 Å². The van der Waals surface area contributed by atoms with Crippen LogP contribution < -0.4 is 9.64 Å². The molecule has 3 aromatic rings. The molecule has 0 saturated heterocycles. The van der Waals surface area contributed by atoms with Gasteiger partial charge in [-0.2, -0.15) is 31.2 Å². The summed E-state index contributed by atoms with van der Waals surface area (Å²) in [5, 5.41) is 7.30. The third-order valence-electron chi connectivity index (χ3n) is 6.95. The first-order chi connectivity index (χ1) is 24.4. The predicted molar refractivity (Wildman–Crippen MR) is 181 cm³/mol. The van der Waals surface area contributed by atoms with Gasteiger partial charge in [-0.1, -0.05) is 42.5 Å². The zero-order valence-corrected chi connectivity index (χ0v) is 30.4. The summed E-state index contributed by atoms with van der Waals surface area (Å²) in [6.45, 7) is 16.4. The van der Waals surface area contributed by atoms with Crippen molar-refractivity contribution in [2.75, 3.05) is 4.90 Å². The number of hydrogen-bond acceptors (Lipinski definition) is 10. The summed E-state index contributed by atoms with van der Waals surface area (Å²) in [5.74, 6) is -3.17. The van der Waals surface area contributed by atoms with Crippen LogP contribution >= 0.6 is 0 Å². The minimum atomic E-state index is -5.22. The molecule has 0 radical (unpaired) electrons. The molecule has 1 aromatic carbocycles. The normalized spacial score (nSPS) is 14.1. The van der Waals surface area contributed by atoms with Crippen molar-refractivity contribution >= 4 is 17.9 Å². The molecule has 2 amide bonds. The van der Waals surface area contributed by atoms with Crippen LogP contribution in [-0.2, 0) is 32.6 Å². The Hall–Kier alpha value is -4.93. The monoisotopic (exact) mass is 756 g/mol. The van der Waals surface area contributed by atoms with Crippen LogP contribution in [0.15, 0.2) is 66.1 Å². The Labute approximate surface area is 303 Å². The lowest BCUT2D eigenvalue weighted by Crippen LogP contribution is -2.45. The van der Waals surface area contributed by atoms with E-state index in [4.69, 9.17) is 23.4 Å². The highest BCUT2D eigenvalue weighted by atomic mass is 19.4. The van der Waals surface area contributed by atoms with E-state index < -0.39 is 95.1 Å². The number of rotatable bonds is 13. The number of aromatic nitrogens is 3. The Morgan fingerprint density at radius 1 is 0.906 bits per heavy atom. The van der Waals surface area contributed by atoms with Crippen molar-refractivity contribution in [3.05, 3.63) is 78.7 Å². The second-order valence-electron chi connectivity index (χ2n) is 13.8. The van der Waals surface area contributed by atoms with Gasteiger partial charge in [0.1, 0.15) is 16.8 Å². The van der Waals surface area contributed by atoms with E-state index in [0.29, 0.717) is 18.1 Å². The molecular weight excluding hydrogens is 714 g/mol. The molecular formula is C36H42F6N4O7. The molecule has 290 valence electrons. The lowest BCUT2D eigenvalue weighted by Gasteiger charge is -2.31. The van der Waals surface area contributed by atoms with E-state index in [0.717, 1.165) is 6.08 Å². The van der Waals surface area contributed by atoms with Crippen molar-refractivity contribution in [1.82, 2.24) is 15.2 Å². The topological polar surface area (TPSA) is 126 Å². The molecule has 0 unspecified atom stereocenters. The summed E-state index contributed by atoms with van der Waals surface area (Å²) < 4.78 is 116. The molecule has 0 aliphatic heterocycles. The summed E-state index contributed by atoms with van der Waals surface area (Å²) in [7, 11) is 0. The van der Waals surface area contributed by atoms with E-state index in [1.807, 2.05) is 0 Å². The minimum Gasteiger partial charge on any atom is -0.474 e. The standard InChI is InChI=1S/C36H42F6N4O7/c1-10-12-16-22(3)50-27-24(35(37,38)39)20-25(46(30(47)52-32(4,5)6)31(48)53-33(7,8)9)26(43-27)28-44-45-29(51-28)34(19-11-2,36(40,41)42)49-21-23-17-14-13-15-18-23/h10-11,13-15,17-18,20,22H,1-2,12,16,19,21H2,3-9H3/t22-,34-/m1/s1. The Kier molecular flexibility index (Phi) is 13.1. The Morgan fingerprint density at radius 3 is 1.98 bits per heavy atom. The second-order valence-corrected chi connectivity index (χ2v) is 13.8. The number of nitrogens with zero attached hydrogens (tertiary/aromatic N) is 4. The highest BCUT2D eigenvalue weighted by molar-refractivity contribution is 6.11. The van der Waals surface area contributed by atoms with Gasteiger partial charge in [0.05, 0.1) is 18.4 Å². The van der Waals surface area contributed by atoms with Crippen LogP contribution in [0.3, 0.4) is 0 Å². The molecule has 0 spiro atoms. The predicted octanol–water partition coefficient (Wildman–Crippen LogP) is 10.1. The van der Waals surface area contributed by atoms with Crippen LogP contribution in [-0.4, -0.2) is 50.9 Å². The molecule has 0 N–H and O–H groups in total. The van der Waals surface area contributed by atoms with Gasteiger partial charge in [-0.05, 0) is 72.9 Å². The molecule has 0 fully saturated rings. The Morgan fingerprint density at radius 2 is 1.49 bits per heavy atom. The maximum absolute atomic E-state index is 15.0. The summed E-state index contributed by atoms with van der Waals surface area (Å²) >= 11 is 0.